The van der Waals surface area contributed by atoms with Crippen molar-refractivity contribution in [3.8, 4) is 10.6 Å². The molecule has 0 saturated carbocycles. The number of hydrogen-bond acceptors (Lipinski definition) is 6. The Morgan fingerprint density at radius 2 is 1.82 bits per heavy atom. The number of carbonyl (C=O) groups excluding carboxylic acids is 2. The third-order valence-electron chi connectivity index (χ3n) is 4.57. The van der Waals surface area contributed by atoms with Crippen molar-refractivity contribution in [1.29, 1.82) is 0 Å². The summed E-state index contributed by atoms with van der Waals surface area (Å²) >= 11 is 1.31. The van der Waals surface area contributed by atoms with E-state index in [-0.39, 0.29) is 17.7 Å². The smallest absolute Gasteiger partial charge is 0.249 e. The Bertz CT molecular complexity index is 788. The molecule has 2 aromatic rings. The zero-order valence-corrected chi connectivity index (χ0v) is 18.0. The van der Waals surface area contributed by atoms with Gasteiger partial charge in [-0.1, -0.05) is 38.5 Å². The first kappa shape index (κ1) is 21.8. The molecule has 8 heteroatoms. The number of rotatable bonds is 9. The van der Waals surface area contributed by atoms with Gasteiger partial charge in [0.15, 0.2) is 0 Å². The molecule has 28 heavy (non-hydrogen) atoms. The van der Waals surface area contributed by atoms with Crippen LogP contribution >= 0.6 is 11.3 Å². The van der Waals surface area contributed by atoms with E-state index in [4.69, 9.17) is 0 Å². The highest BCUT2D eigenvalue weighted by molar-refractivity contribution is 7.18. The van der Waals surface area contributed by atoms with E-state index < -0.39 is 6.04 Å². The van der Waals surface area contributed by atoms with Gasteiger partial charge >= 0.3 is 0 Å². The summed E-state index contributed by atoms with van der Waals surface area (Å²) < 4.78 is 0. The number of hydrogen-bond donors (Lipinski definition) is 2. The minimum atomic E-state index is -0.587. The maximum Gasteiger partial charge on any atom is 0.249 e. The molecule has 1 aromatic carbocycles. The molecule has 0 spiro atoms. The molecule has 2 N–H and O–H groups in total. The molecule has 0 aliphatic rings. The minimum Gasteiger partial charge on any atom is -0.378 e. The van der Waals surface area contributed by atoms with Crippen molar-refractivity contribution in [1.82, 2.24) is 15.5 Å². The molecule has 0 aliphatic carbocycles. The predicted molar refractivity (Wildman–Crippen MR) is 115 cm³/mol. The molecular weight excluding hydrogens is 374 g/mol. The van der Waals surface area contributed by atoms with Crippen LogP contribution in [-0.4, -0.2) is 42.1 Å². The van der Waals surface area contributed by atoms with Crippen molar-refractivity contribution >= 4 is 34.0 Å². The van der Waals surface area contributed by atoms with E-state index in [1.54, 1.807) is 0 Å². The van der Waals surface area contributed by atoms with Gasteiger partial charge in [-0.15, -0.1) is 10.2 Å². The van der Waals surface area contributed by atoms with Gasteiger partial charge in [0.1, 0.15) is 11.0 Å². The van der Waals surface area contributed by atoms with Crippen LogP contribution in [0.4, 0.5) is 10.8 Å². The van der Waals surface area contributed by atoms with Gasteiger partial charge in [-0.2, -0.15) is 0 Å². The molecule has 0 saturated heterocycles. The molecular formula is C20H29N5O2S. The van der Waals surface area contributed by atoms with Gasteiger partial charge < -0.3 is 10.2 Å². The zero-order chi connectivity index (χ0) is 20.7. The summed E-state index contributed by atoms with van der Waals surface area (Å²) in [6, 6.07) is 7.40. The first-order valence-corrected chi connectivity index (χ1v) is 10.4. The molecule has 152 valence electrons. The fourth-order valence-corrected chi connectivity index (χ4v) is 3.40. The standard InChI is InChI=1S/C20H29N5O2S/c1-6-8-16(26)21-17(13(3)7-2)18(27)22-20-24-23-19(28-20)14-9-11-15(12-10-14)25(4)5/h9-13,17H,6-8H2,1-5H3,(H,21,26)(H,22,24,27). The topological polar surface area (TPSA) is 87.2 Å². The average Bonchev–Trinajstić information content (AvgIpc) is 3.14. The summed E-state index contributed by atoms with van der Waals surface area (Å²) in [5, 5.41) is 15.1. The molecule has 0 aliphatic heterocycles. The lowest BCUT2D eigenvalue weighted by Gasteiger charge is -2.22. The molecule has 0 bridgehead atoms. The number of carbonyl (C=O) groups is 2. The summed E-state index contributed by atoms with van der Waals surface area (Å²) in [6.45, 7) is 5.89. The van der Waals surface area contributed by atoms with Gasteiger partial charge in [-0.3, -0.25) is 14.9 Å². The number of aromatic nitrogens is 2. The Balaban J connectivity index is 2.09. The second-order valence-corrected chi connectivity index (χ2v) is 8.00. The predicted octanol–water partition coefficient (Wildman–Crippen LogP) is 3.54. The van der Waals surface area contributed by atoms with Gasteiger partial charge in [0.25, 0.3) is 0 Å². The Kier molecular flexibility index (Phi) is 7.92. The van der Waals surface area contributed by atoms with Crippen LogP contribution in [0.2, 0.25) is 0 Å². The molecule has 0 radical (unpaired) electrons. The highest BCUT2D eigenvalue weighted by atomic mass is 32.1. The highest BCUT2D eigenvalue weighted by Gasteiger charge is 2.26. The molecule has 2 atom stereocenters. The van der Waals surface area contributed by atoms with E-state index in [0.29, 0.717) is 11.6 Å². The lowest BCUT2D eigenvalue weighted by Crippen LogP contribution is -2.47. The summed E-state index contributed by atoms with van der Waals surface area (Å²) in [5.74, 6) is -0.349. The number of amides is 2. The molecule has 1 heterocycles. The quantitative estimate of drug-likeness (QED) is 0.669. The number of nitrogens with one attached hydrogen (secondary N) is 2. The monoisotopic (exact) mass is 403 g/mol. The molecule has 2 unspecified atom stereocenters. The zero-order valence-electron chi connectivity index (χ0n) is 17.2. The molecule has 0 fully saturated rings. The van der Waals surface area contributed by atoms with Crippen LogP contribution < -0.4 is 15.5 Å². The number of benzene rings is 1. The van der Waals surface area contributed by atoms with Crippen molar-refractivity contribution in [3.05, 3.63) is 24.3 Å². The lowest BCUT2D eigenvalue weighted by molar-refractivity contribution is -0.127. The summed E-state index contributed by atoms with van der Waals surface area (Å²) in [5.41, 5.74) is 2.04. The van der Waals surface area contributed by atoms with Crippen molar-refractivity contribution in [3.63, 3.8) is 0 Å². The molecule has 2 rings (SSSR count). The fraction of sp³-hybridized carbons (Fsp3) is 0.500. The van der Waals surface area contributed by atoms with E-state index in [0.717, 1.165) is 29.1 Å². The second-order valence-electron chi connectivity index (χ2n) is 7.02. The van der Waals surface area contributed by atoms with E-state index in [1.807, 2.05) is 64.0 Å². The van der Waals surface area contributed by atoms with Crippen molar-refractivity contribution in [2.75, 3.05) is 24.3 Å². The summed E-state index contributed by atoms with van der Waals surface area (Å²) in [6.07, 6.45) is 1.93. The molecule has 1 aromatic heterocycles. The fourth-order valence-electron chi connectivity index (χ4n) is 2.65. The van der Waals surface area contributed by atoms with Crippen LogP contribution in [0, 0.1) is 5.92 Å². The van der Waals surface area contributed by atoms with Gasteiger partial charge in [0.2, 0.25) is 16.9 Å². The molecule has 7 nitrogen and oxygen atoms in total. The Morgan fingerprint density at radius 3 is 2.39 bits per heavy atom. The summed E-state index contributed by atoms with van der Waals surface area (Å²) in [4.78, 5) is 26.7. The van der Waals surface area contributed by atoms with Crippen molar-refractivity contribution in [2.24, 2.45) is 5.92 Å². The van der Waals surface area contributed by atoms with Crippen LogP contribution in [0.15, 0.2) is 24.3 Å². The average molecular weight is 404 g/mol. The number of anilines is 2. The largest absolute Gasteiger partial charge is 0.378 e. The first-order valence-electron chi connectivity index (χ1n) is 9.57. The number of nitrogens with zero attached hydrogens (tertiary/aromatic N) is 3. The lowest BCUT2D eigenvalue weighted by atomic mass is 9.98. The Labute approximate surface area is 170 Å². The highest BCUT2D eigenvalue weighted by Crippen LogP contribution is 2.28. The van der Waals surface area contributed by atoms with Gasteiger partial charge in [0.05, 0.1) is 0 Å². The Morgan fingerprint density at radius 1 is 1.14 bits per heavy atom. The third kappa shape index (κ3) is 5.76. The molecule has 2 amide bonds. The van der Waals surface area contributed by atoms with Crippen LogP contribution in [0.3, 0.4) is 0 Å². The van der Waals surface area contributed by atoms with Crippen LogP contribution in [0.5, 0.6) is 0 Å². The van der Waals surface area contributed by atoms with Crippen LogP contribution in [0.25, 0.3) is 10.6 Å². The van der Waals surface area contributed by atoms with Gasteiger partial charge in [0, 0.05) is 31.8 Å². The van der Waals surface area contributed by atoms with Crippen LogP contribution in [-0.2, 0) is 9.59 Å². The SMILES string of the molecule is CCCC(=O)NC(C(=O)Nc1nnc(-c2ccc(N(C)C)cc2)s1)C(C)CC. The van der Waals surface area contributed by atoms with Crippen molar-refractivity contribution in [2.45, 2.75) is 46.1 Å². The van der Waals surface area contributed by atoms with E-state index in [1.165, 1.54) is 11.3 Å². The maximum absolute atomic E-state index is 12.7. The van der Waals surface area contributed by atoms with E-state index in [2.05, 4.69) is 20.8 Å². The van der Waals surface area contributed by atoms with Crippen LogP contribution in [0.1, 0.15) is 40.0 Å². The summed E-state index contributed by atoms with van der Waals surface area (Å²) in [7, 11) is 3.97. The normalized spacial score (nSPS) is 12.9. The third-order valence-corrected chi connectivity index (χ3v) is 5.46. The minimum absolute atomic E-state index is 0.0202. The Hall–Kier alpha value is -2.48. The van der Waals surface area contributed by atoms with Crippen molar-refractivity contribution < 1.29 is 9.59 Å². The van der Waals surface area contributed by atoms with E-state index in [9.17, 15) is 9.59 Å². The van der Waals surface area contributed by atoms with Gasteiger partial charge in [-0.25, -0.2) is 0 Å². The van der Waals surface area contributed by atoms with Gasteiger partial charge in [-0.05, 0) is 36.6 Å². The van der Waals surface area contributed by atoms with E-state index >= 15 is 0 Å². The first-order chi connectivity index (χ1) is 13.3. The second kappa shape index (κ2) is 10.2. The maximum atomic E-state index is 12.7.